The standard InChI is InChI=1S/C24H34N2O/c1-17(27)25(2)23-15-24(22-6-4-3-5-21(22)23)9-11-26(12-10-24)16-20-14-18-7-8-19(20)13-18/h3-6,18-20,23H,7-16H2,1-2H3/t18-,19+,20+,23-/m0/s1. The highest BCUT2D eigenvalue weighted by atomic mass is 16.2. The monoisotopic (exact) mass is 366 g/mol. The number of rotatable bonds is 3. The molecule has 1 aromatic carbocycles. The molecule has 5 rings (SSSR count). The van der Waals surface area contributed by atoms with Gasteiger partial charge < -0.3 is 9.80 Å². The number of carbonyl (C=O) groups is 1. The fourth-order valence-corrected chi connectivity index (χ4v) is 6.99. The molecule has 1 amide bonds. The molecule has 4 aliphatic rings. The molecular formula is C24H34N2O. The molecule has 1 aromatic rings. The van der Waals surface area contributed by atoms with Crippen LogP contribution in [0, 0.1) is 17.8 Å². The number of hydrogen-bond donors (Lipinski definition) is 0. The van der Waals surface area contributed by atoms with Crippen LogP contribution in [-0.4, -0.2) is 42.4 Å². The van der Waals surface area contributed by atoms with E-state index in [1.165, 1.54) is 69.3 Å². The summed E-state index contributed by atoms with van der Waals surface area (Å²) in [4.78, 5) is 16.8. The largest absolute Gasteiger partial charge is 0.339 e. The van der Waals surface area contributed by atoms with Gasteiger partial charge in [0.25, 0.3) is 0 Å². The number of hydrogen-bond acceptors (Lipinski definition) is 2. The van der Waals surface area contributed by atoms with E-state index in [0.29, 0.717) is 0 Å². The summed E-state index contributed by atoms with van der Waals surface area (Å²) >= 11 is 0. The van der Waals surface area contributed by atoms with E-state index in [1.807, 2.05) is 11.9 Å². The van der Waals surface area contributed by atoms with Crippen molar-refractivity contribution < 1.29 is 4.79 Å². The first-order valence-corrected chi connectivity index (χ1v) is 11.1. The minimum atomic E-state index is 0.181. The first-order valence-electron chi connectivity index (χ1n) is 11.1. The zero-order valence-corrected chi connectivity index (χ0v) is 17.0. The Bertz CT molecular complexity index is 721. The Morgan fingerprint density at radius 2 is 1.96 bits per heavy atom. The fourth-order valence-electron chi connectivity index (χ4n) is 6.99. The van der Waals surface area contributed by atoms with Crippen molar-refractivity contribution in [1.82, 2.24) is 9.80 Å². The molecule has 27 heavy (non-hydrogen) atoms. The van der Waals surface area contributed by atoms with Gasteiger partial charge in [-0.1, -0.05) is 30.7 Å². The van der Waals surface area contributed by atoms with Gasteiger partial charge in [-0.3, -0.25) is 4.79 Å². The lowest BCUT2D eigenvalue weighted by molar-refractivity contribution is -0.129. The minimum absolute atomic E-state index is 0.181. The van der Waals surface area contributed by atoms with Crippen molar-refractivity contribution in [2.75, 3.05) is 26.7 Å². The second-order valence-electron chi connectivity index (χ2n) is 9.95. The first-order chi connectivity index (χ1) is 13.1. The van der Waals surface area contributed by atoms with Crippen LogP contribution in [0.3, 0.4) is 0 Å². The zero-order chi connectivity index (χ0) is 18.6. The van der Waals surface area contributed by atoms with Crippen LogP contribution < -0.4 is 0 Å². The summed E-state index contributed by atoms with van der Waals surface area (Å²) in [7, 11) is 1.98. The molecule has 3 heteroatoms. The van der Waals surface area contributed by atoms with Crippen molar-refractivity contribution in [1.29, 1.82) is 0 Å². The van der Waals surface area contributed by atoms with Gasteiger partial charge in [-0.05, 0) is 80.5 Å². The van der Waals surface area contributed by atoms with Crippen LogP contribution in [0.4, 0.5) is 0 Å². The molecule has 2 bridgehead atoms. The van der Waals surface area contributed by atoms with E-state index >= 15 is 0 Å². The van der Waals surface area contributed by atoms with Gasteiger partial charge in [0.15, 0.2) is 0 Å². The zero-order valence-electron chi connectivity index (χ0n) is 17.0. The predicted molar refractivity (Wildman–Crippen MR) is 109 cm³/mol. The molecule has 0 radical (unpaired) electrons. The Morgan fingerprint density at radius 1 is 1.19 bits per heavy atom. The Kier molecular flexibility index (Phi) is 4.34. The normalized spacial score (nSPS) is 34.1. The molecule has 3 aliphatic carbocycles. The van der Waals surface area contributed by atoms with Gasteiger partial charge in [0, 0.05) is 25.9 Å². The summed E-state index contributed by atoms with van der Waals surface area (Å²) in [6, 6.07) is 9.20. The number of carbonyl (C=O) groups excluding carboxylic acids is 1. The lowest BCUT2D eigenvalue weighted by Gasteiger charge is -2.42. The summed E-state index contributed by atoms with van der Waals surface area (Å²) in [5.74, 6) is 3.25. The van der Waals surface area contributed by atoms with Crippen molar-refractivity contribution >= 4 is 5.91 Å². The average Bonchev–Trinajstić information content (AvgIpc) is 3.37. The molecule has 0 aromatic heterocycles. The quantitative estimate of drug-likeness (QED) is 0.792. The molecule has 0 N–H and O–H groups in total. The maximum Gasteiger partial charge on any atom is 0.219 e. The van der Waals surface area contributed by atoms with Gasteiger partial charge in [0.05, 0.1) is 6.04 Å². The van der Waals surface area contributed by atoms with Crippen molar-refractivity contribution in [3.05, 3.63) is 35.4 Å². The van der Waals surface area contributed by atoms with Gasteiger partial charge in [0.1, 0.15) is 0 Å². The van der Waals surface area contributed by atoms with Crippen LogP contribution in [-0.2, 0) is 10.2 Å². The number of fused-ring (bicyclic) bond motifs is 4. The third kappa shape index (κ3) is 2.93. The molecule has 3 fully saturated rings. The number of nitrogens with zero attached hydrogens (tertiary/aromatic N) is 2. The van der Waals surface area contributed by atoms with Crippen molar-refractivity contribution in [3.63, 3.8) is 0 Å². The summed E-state index contributed by atoms with van der Waals surface area (Å²) in [6.07, 6.45) is 9.66. The number of amides is 1. The molecule has 1 spiro atoms. The van der Waals surface area contributed by atoms with Gasteiger partial charge in [-0.25, -0.2) is 0 Å². The first kappa shape index (κ1) is 17.7. The Hall–Kier alpha value is -1.35. The number of likely N-dealkylation sites (tertiary alicyclic amines) is 1. The average molecular weight is 367 g/mol. The van der Waals surface area contributed by atoms with E-state index in [2.05, 4.69) is 29.2 Å². The van der Waals surface area contributed by atoms with E-state index in [-0.39, 0.29) is 17.4 Å². The molecule has 0 unspecified atom stereocenters. The molecule has 4 atom stereocenters. The Labute approximate surface area is 164 Å². The second-order valence-corrected chi connectivity index (χ2v) is 9.95. The molecule has 1 aliphatic heterocycles. The van der Waals surface area contributed by atoms with E-state index < -0.39 is 0 Å². The topological polar surface area (TPSA) is 23.6 Å². The Morgan fingerprint density at radius 3 is 2.63 bits per heavy atom. The Balaban J connectivity index is 1.29. The van der Waals surface area contributed by atoms with Gasteiger partial charge in [-0.2, -0.15) is 0 Å². The lowest BCUT2D eigenvalue weighted by atomic mass is 9.73. The second kappa shape index (κ2) is 6.62. The molecule has 3 nitrogen and oxygen atoms in total. The smallest absolute Gasteiger partial charge is 0.219 e. The van der Waals surface area contributed by atoms with E-state index in [0.717, 1.165) is 24.2 Å². The van der Waals surface area contributed by atoms with E-state index in [4.69, 9.17) is 0 Å². The van der Waals surface area contributed by atoms with Crippen LogP contribution in [0.15, 0.2) is 24.3 Å². The fraction of sp³-hybridized carbons (Fsp3) is 0.708. The number of benzene rings is 1. The van der Waals surface area contributed by atoms with E-state index in [9.17, 15) is 4.79 Å². The van der Waals surface area contributed by atoms with Crippen LogP contribution in [0.5, 0.6) is 0 Å². The summed E-state index contributed by atoms with van der Waals surface area (Å²) in [5.41, 5.74) is 3.22. The SMILES string of the molecule is CC(=O)N(C)[C@H]1CC2(CCN(C[C@H]3C[C@H]4CC[C@@H]3C4)CC2)c2ccccc21. The minimum Gasteiger partial charge on any atom is -0.339 e. The van der Waals surface area contributed by atoms with Crippen LogP contribution in [0.25, 0.3) is 0 Å². The molecule has 146 valence electrons. The molecule has 2 saturated carbocycles. The lowest BCUT2D eigenvalue weighted by Crippen LogP contribution is -2.44. The summed E-state index contributed by atoms with van der Waals surface area (Å²) in [6.45, 7) is 5.51. The van der Waals surface area contributed by atoms with Gasteiger partial charge >= 0.3 is 0 Å². The van der Waals surface area contributed by atoms with Gasteiger partial charge in [-0.15, -0.1) is 0 Å². The highest BCUT2D eigenvalue weighted by Crippen LogP contribution is 2.53. The molecule has 1 heterocycles. The maximum atomic E-state index is 12.0. The third-order valence-electron chi connectivity index (χ3n) is 8.63. The van der Waals surface area contributed by atoms with E-state index in [1.54, 1.807) is 6.92 Å². The summed E-state index contributed by atoms with van der Waals surface area (Å²) < 4.78 is 0. The van der Waals surface area contributed by atoms with Gasteiger partial charge in [0.2, 0.25) is 5.91 Å². The molecular weight excluding hydrogens is 332 g/mol. The van der Waals surface area contributed by atoms with Crippen LogP contribution in [0.1, 0.15) is 69.0 Å². The van der Waals surface area contributed by atoms with Crippen molar-refractivity contribution in [3.8, 4) is 0 Å². The molecule has 1 saturated heterocycles. The third-order valence-corrected chi connectivity index (χ3v) is 8.63. The van der Waals surface area contributed by atoms with Crippen LogP contribution >= 0.6 is 0 Å². The van der Waals surface area contributed by atoms with Crippen LogP contribution in [0.2, 0.25) is 0 Å². The maximum absolute atomic E-state index is 12.0. The highest BCUT2D eigenvalue weighted by molar-refractivity contribution is 5.74. The van der Waals surface area contributed by atoms with Crippen molar-refractivity contribution in [2.24, 2.45) is 17.8 Å². The number of piperidine rings is 1. The van der Waals surface area contributed by atoms with Crippen molar-refractivity contribution in [2.45, 2.75) is 63.3 Å². The predicted octanol–water partition coefficient (Wildman–Crippen LogP) is 4.38. The highest BCUT2D eigenvalue weighted by Gasteiger charge is 2.47. The summed E-state index contributed by atoms with van der Waals surface area (Å²) in [5, 5.41) is 0.